The fourth-order valence-electron chi connectivity index (χ4n) is 1.49. The van der Waals surface area contributed by atoms with Gasteiger partial charge in [0.1, 0.15) is 0 Å². The van der Waals surface area contributed by atoms with Crippen molar-refractivity contribution >= 4 is 40.0 Å². The topological polar surface area (TPSA) is 82.6 Å². The fraction of sp³-hybridized carbons (Fsp3) is 0.917. The highest BCUT2D eigenvalue weighted by molar-refractivity contribution is 14.0. The number of halogens is 1. The average Bonchev–Trinajstić information content (AvgIpc) is 3.19. The summed E-state index contributed by atoms with van der Waals surface area (Å²) in [6, 6.07) is 0. The maximum absolute atomic E-state index is 11.2. The van der Waals surface area contributed by atoms with Crippen molar-refractivity contribution in [2.45, 2.75) is 33.1 Å². The third kappa shape index (κ3) is 9.76. The largest absolute Gasteiger partial charge is 0.357 e. The molecule has 0 bridgehead atoms. The number of guanidine groups is 1. The summed E-state index contributed by atoms with van der Waals surface area (Å²) < 4.78 is 25.0. The molecule has 0 aromatic carbocycles. The zero-order valence-electron chi connectivity index (χ0n) is 12.3. The highest BCUT2D eigenvalue weighted by atomic mass is 127. The summed E-state index contributed by atoms with van der Waals surface area (Å²) in [5.74, 6) is 1.73. The maximum Gasteiger partial charge on any atom is 0.211 e. The van der Waals surface area contributed by atoms with Gasteiger partial charge in [-0.3, -0.25) is 4.99 Å². The third-order valence-corrected chi connectivity index (χ3v) is 4.30. The van der Waals surface area contributed by atoms with E-state index in [4.69, 9.17) is 0 Å². The molecule has 6 nitrogen and oxygen atoms in total. The second-order valence-electron chi connectivity index (χ2n) is 4.74. The fourth-order valence-corrected chi connectivity index (χ4v) is 2.15. The molecule has 0 radical (unpaired) electrons. The van der Waals surface area contributed by atoms with E-state index < -0.39 is 10.0 Å². The van der Waals surface area contributed by atoms with E-state index in [0.717, 1.165) is 31.4 Å². The molecular formula is C12H27IN4O2S. The molecule has 120 valence electrons. The molecule has 3 N–H and O–H groups in total. The van der Waals surface area contributed by atoms with Crippen LogP contribution in [0.4, 0.5) is 0 Å². The molecule has 0 atom stereocenters. The molecule has 1 fully saturated rings. The summed E-state index contributed by atoms with van der Waals surface area (Å²) >= 11 is 0. The Bertz CT molecular complexity index is 383. The van der Waals surface area contributed by atoms with Crippen LogP contribution in [0.1, 0.15) is 33.1 Å². The van der Waals surface area contributed by atoms with Gasteiger partial charge in [-0.15, -0.1) is 24.0 Å². The first-order valence-corrected chi connectivity index (χ1v) is 8.72. The lowest BCUT2D eigenvalue weighted by Crippen LogP contribution is -2.39. The molecule has 1 aliphatic rings. The number of hydrogen-bond donors (Lipinski definition) is 3. The van der Waals surface area contributed by atoms with E-state index in [9.17, 15) is 8.42 Å². The molecule has 8 heteroatoms. The number of hydrogen-bond acceptors (Lipinski definition) is 3. The van der Waals surface area contributed by atoms with E-state index in [0.29, 0.717) is 13.1 Å². The van der Waals surface area contributed by atoms with Crippen molar-refractivity contribution in [3.63, 3.8) is 0 Å². The van der Waals surface area contributed by atoms with Gasteiger partial charge in [0.2, 0.25) is 10.0 Å². The molecule has 0 aromatic heterocycles. The number of rotatable bonds is 9. The molecule has 1 saturated carbocycles. The Kier molecular flexibility index (Phi) is 10.6. The van der Waals surface area contributed by atoms with Crippen LogP contribution in [-0.2, 0) is 10.0 Å². The van der Waals surface area contributed by atoms with Gasteiger partial charge in [0.15, 0.2) is 5.96 Å². The van der Waals surface area contributed by atoms with Crippen LogP contribution >= 0.6 is 24.0 Å². The average molecular weight is 418 g/mol. The normalized spacial score (nSPS) is 15.6. The quantitative estimate of drug-likeness (QED) is 0.225. The molecule has 0 aromatic rings. The van der Waals surface area contributed by atoms with Gasteiger partial charge in [0, 0.05) is 26.2 Å². The molecule has 1 rings (SSSR count). The second kappa shape index (κ2) is 10.6. The van der Waals surface area contributed by atoms with Crippen LogP contribution in [0.3, 0.4) is 0 Å². The van der Waals surface area contributed by atoms with E-state index in [2.05, 4.69) is 20.3 Å². The zero-order chi connectivity index (χ0) is 14.1. The van der Waals surface area contributed by atoms with Gasteiger partial charge in [-0.1, -0.05) is 0 Å². The Morgan fingerprint density at radius 1 is 1.20 bits per heavy atom. The van der Waals surface area contributed by atoms with Crippen molar-refractivity contribution in [1.29, 1.82) is 0 Å². The summed E-state index contributed by atoms with van der Waals surface area (Å²) in [4.78, 5) is 4.49. The van der Waals surface area contributed by atoms with Crippen molar-refractivity contribution in [3.05, 3.63) is 0 Å². The number of sulfonamides is 1. The van der Waals surface area contributed by atoms with E-state index in [1.54, 1.807) is 6.92 Å². The Labute approximate surface area is 139 Å². The van der Waals surface area contributed by atoms with Crippen molar-refractivity contribution in [3.8, 4) is 0 Å². The van der Waals surface area contributed by atoms with Gasteiger partial charge in [-0.25, -0.2) is 13.1 Å². The maximum atomic E-state index is 11.2. The van der Waals surface area contributed by atoms with Crippen LogP contribution in [0, 0.1) is 5.92 Å². The summed E-state index contributed by atoms with van der Waals surface area (Å²) in [6.45, 7) is 6.56. The monoisotopic (exact) mass is 418 g/mol. The van der Waals surface area contributed by atoms with Crippen LogP contribution in [0.5, 0.6) is 0 Å². The van der Waals surface area contributed by atoms with Crippen LogP contribution in [0.15, 0.2) is 4.99 Å². The molecule has 0 heterocycles. The lowest BCUT2D eigenvalue weighted by atomic mass is 10.4. The van der Waals surface area contributed by atoms with Crippen molar-refractivity contribution in [1.82, 2.24) is 15.4 Å². The molecule has 1 aliphatic carbocycles. The first-order chi connectivity index (χ1) is 9.07. The second-order valence-corrected chi connectivity index (χ2v) is 6.84. The van der Waals surface area contributed by atoms with E-state index in [1.807, 2.05) is 6.92 Å². The van der Waals surface area contributed by atoms with Crippen molar-refractivity contribution in [2.24, 2.45) is 10.9 Å². The van der Waals surface area contributed by atoms with Crippen LogP contribution in [0.2, 0.25) is 0 Å². The van der Waals surface area contributed by atoms with Gasteiger partial charge in [-0.2, -0.15) is 0 Å². The van der Waals surface area contributed by atoms with Crippen molar-refractivity contribution in [2.75, 3.05) is 31.9 Å². The van der Waals surface area contributed by atoms with Crippen LogP contribution in [-0.4, -0.2) is 46.3 Å². The summed E-state index contributed by atoms with van der Waals surface area (Å²) in [5, 5.41) is 6.40. The minimum Gasteiger partial charge on any atom is -0.357 e. The van der Waals surface area contributed by atoms with Crippen LogP contribution < -0.4 is 15.4 Å². The molecule has 20 heavy (non-hydrogen) atoms. The van der Waals surface area contributed by atoms with Crippen molar-refractivity contribution < 1.29 is 8.42 Å². The summed E-state index contributed by atoms with van der Waals surface area (Å²) in [5.41, 5.74) is 0. The molecule has 0 unspecified atom stereocenters. The van der Waals surface area contributed by atoms with Gasteiger partial charge >= 0.3 is 0 Å². The van der Waals surface area contributed by atoms with Gasteiger partial charge in [0.25, 0.3) is 0 Å². The number of aliphatic imine (C=N–C) groups is 1. The third-order valence-electron chi connectivity index (χ3n) is 2.90. The highest BCUT2D eigenvalue weighted by Gasteiger charge is 2.20. The molecule has 0 spiro atoms. The molecular weight excluding hydrogens is 391 g/mol. The van der Waals surface area contributed by atoms with E-state index in [1.165, 1.54) is 12.8 Å². The first-order valence-electron chi connectivity index (χ1n) is 7.07. The predicted molar refractivity (Wildman–Crippen MR) is 94.2 cm³/mol. The van der Waals surface area contributed by atoms with E-state index in [-0.39, 0.29) is 29.7 Å². The summed E-state index contributed by atoms with van der Waals surface area (Å²) in [6.07, 6.45) is 3.33. The SMILES string of the molecule is CCNC(=NCC1CC1)NCCCNS(=O)(=O)CC.I. The molecule has 0 saturated heterocycles. The van der Waals surface area contributed by atoms with Crippen LogP contribution in [0.25, 0.3) is 0 Å². The Balaban J connectivity index is 0.00000361. The van der Waals surface area contributed by atoms with E-state index >= 15 is 0 Å². The lowest BCUT2D eigenvalue weighted by Gasteiger charge is -2.11. The zero-order valence-corrected chi connectivity index (χ0v) is 15.5. The number of nitrogens with zero attached hydrogens (tertiary/aromatic N) is 1. The molecule has 0 amide bonds. The van der Waals surface area contributed by atoms with Gasteiger partial charge in [-0.05, 0) is 39.0 Å². The predicted octanol–water partition coefficient (Wildman–Crippen LogP) is 0.899. The Morgan fingerprint density at radius 3 is 2.45 bits per heavy atom. The highest BCUT2D eigenvalue weighted by Crippen LogP contribution is 2.28. The standard InChI is InChI=1S/C12H26N4O2S.HI/c1-3-13-12(15-10-11-6-7-11)14-8-5-9-16-19(17,18)4-2;/h11,16H,3-10H2,1-2H3,(H2,13,14,15);1H. The van der Waals surface area contributed by atoms with Gasteiger partial charge < -0.3 is 10.6 Å². The molecule has 0 aliphatic heterocycles. The minimum absolute atomic E-state index is 0. The first kappa shape index (κ1) is 19.9. The summed E-state index contributed by atoms with van der Waals surface area (Å²) in [7, 11) is -3.07. The minimum atomic E-state index is -3.07. The van der Waals surface area contributed by atoms with Gasteiger partial charge in [0.05, 0.1) is 5.75 Å². The number of nitrogens with one attached hydrogen (secondary N) is 3. The lowest BCUT2D eigenvalue weighted by molar-refractivity contribution is 0.579. The smallest absolute Gasteiger partial charge is 0.211 e. The Morgan fingerprint density at radius 2 is 1.90 bits per heavy atom. The Hall–Kier alpha value is -0.0900.